The smallest absolute Gasteiger partial charge is 0.399 e. The molecule has 2 nitrogen and oxygen atoms in total. The summed E-state index contributed by atoms with van der Waals surface area (Å²) in [4.78, 5) is 0.0255. The lowest BCUT2D eigenvalue weighted by Gasteiger charge is -2.13. The van der Waals surface area contributed by atoms with Gasteiger partial charge in [0.05, 0.1) is 0 Å². The van der Waals surface area contributed by atoms with Crippen molar-refractivity contribution in [2.75, 3.05) is 11.5 Å². The van der Waals surface area contributed by atoms with Crippen LogP contribution >= 0.6 is 11.8 Å². The molecule has 0 amide bonds. The van der Waals surface area contributed by atoms with Crippen molar-refractivity contribution in [3.05, 3.63) is 24.0 Å². The molecule has 0 bridgehead atoms. The molecule has 0 aliphatic heterocycles. The van der Waals surface area contributed by atoms with Crippen molar-refractivity contribution in [3.63, 3.8) is 0 Å². The normalized spacial score (nSPS) is 13.8. The first kappa shape index (κ1) is 13.1. The summed E-state index contributed by atoms with van der Waals surface area (Å²) in [5, 5.41) is 8.70. The summed E-state index contributed by atoms with van der Waals surface area (Å²) < 4.78 is 49.0. The fourth-order valence-corrected chi connectivity index (χ4v) is 1.78. The summed E-state index contributed by atoms with van der Waals surface area (Å²) in [5.74, 6) is -1.34. The van der Waals surface area contributed by atoms with Gasteiger partial charge in [0.1, 0.15) is 5.82 Å². The quantitative estimate of drug-likeness (QED) is 0.495. The van der Waals surface area contributed by atoms with Gasteiger partial charge in [0.25, 0.3) is 0 Å². The minimum atomic E-state index is -4.68. The molecule has 1 rings (SSSR count). The first-order valence-electron chi connectivity index (χ1n) is 4.23. The van der Waals surface area contributed by atoms with Crippen LogP contribution < -0.4 is 5.73 Å². The van der Waals surface area contributed by atoms with E-state index in [0.29, 0.717) is 11.8 Å². The van der Waals surface area contributed by atoms with Gasteiger partial charge in [0, 0.05) is 16.3 Å². The number of anilines is 1. The molecule has 0 saturated heterocycles. The Kier molecular flexibility index (Phi) is 4.03. The Hall–Kier alpha value is -0.950. The summed E-state index contributed by atoms with van der Waals surface area (Å²) in [7, 11) is 0. The Morgan fingerprint density at radius 1 is 1.38 bits per heavy atom. The van der Waals surface area contributed by atoms with Gasteiger partial charge in [-0.05, 0) is 18.2 Å². The number of nitrogen functional groups attached to an aromatic ring is 1. The van der Waals surface area contributed by atoms with Gasteiger partial charge < -0.3 is 10.8 Å². The lowest BCUT2D eigenvalue weighted by molar-refractivity contribution is -0.195. The first-order valence-corrected chi connectivity index (χ1v) is 5.22. The summed E-state index contributed by atoms with van der Waals surface area (Å²) in [6, 6.07) is 3.67. The van der Waals surface area contributed by atoms with E-state index in [9.17, 15) is 17.6 Å². The van der Waals surface area contributed by atoms with Crippen LogP contribution in [-0.2, 0) is 0 Å². The Balaban J connectivity index is 2.62. The van der Waals surface area contributed by atoms with Crippen LogP contribution in [0.4, 0.5) is 23.2 Å². The molecule has 0 saturated carbocycles. The number of aliphatic hydroxyl groups excluding tert-OH is 1. The Labute approximate surface area is 93.4 Å². The van der Waals surface area contributed by atoms with E-state index in [1.165, 1.54) is 12.1 Å². The summed E-state index contributed by atoms with van der Waals surface area (Å²) >= 11 is 0.590. The van der Waals surface area contributed by atoms with E-state index < -0.39 is 23.9 Å². The minimum absolute atomic E-state index is 0.0255. The Morgan fingerprint density at radius 3 is 2.50 bits per heavy atom. The number of nitrogens with two attached hydrogens (primary N) is 1. The molecule has 0 heterocycles. The maximum Gasteiger partial charge on any atom is 0.415 e. The lowest BCUT2D eigenvalue weighted by Crippen LogP contribution is -2.30. The van der Waals surface area contributed by atoms with E-state index in [1.807, 2.05) is 0 Å². The average Bonchev–Trinajstić information content (AvgIpc) is 2.14. The monoisotopic (exact) mass is 255 g/mol. The topological polar surface area (TPSA) is 46.2 Å². The number of aliphatic hydroxyl groups is 1. The average molecular weight is 255 g/mol. The summed E-state index contributed by atoms with van der Waals surface area (Å²) in [6.07, 6.45) is -7.15. The molecule has 1 unspecified atom stereocenters. The van der Waals surface area contributed by atoms with E-state index in [1.54, 1.807) is 0 Å². The zero-order chi connectivity index (χ0) is 12.3. The van der Waals surface area contributed by atoms with Crippen molar-refractivity contribution in [2.24, 2.45) is 0 Å². The molecule has 3 N–H and O–H groups in total. The van der Waals surface area contributed by atoms with Crippen molar-refractivity contribution in [2.45, 2.75) is 17.2 Å². The molecule has 0 fully saturated rings. The van der Waals surface area contributed by atoms with Crippen LogP contribution in [0, 0.1) is 5.82 Å². The predicted octanol–water partition coefficient (Wildman–Crippen LogP) is 2.42. The molecular weight excluding hydrogens is 246 g/mol. The largest absolute Gasteiger partial charge is 0.415 e. The second-order valence-electron chi connectivity index (χ2n) is 3.06. The number of rotatable bonds is 3. The number of hydrogen-bond acceptors (Lipinski definition) is 3. The third kappa shape index (κ3) is 3.57. The van der Waals surface area contributed by atoms with Crippen LogP contribution in [0.1, 0.15) is 0 Å². The minimum Gasteiger partial charge on any atom is -0.399 e. The number of thioether (sulfide) groups is 1. The highest BCUT2D eigenvalue weighted by molar-refractivity contribution is 7.99. The molecule has 1 aromatic carbocycles. The molecule has 90 valence electrons. The van der Waals surface area contributed by atoms with Crippen molar-refractivity contribution in [1.82, 2.24) is 0 Å². The summed E-state index contributed by atoms with van der Waals surface area (Å²) in [5.41, 5.74) is 5.47. The number of halogens is 4. The maximum atomic E-state index is 13.1. The Bertz CT molecular complexity index is 369. The molecule has 7 heteroatoms. The maximum absolute atomic E-state index is 13.1. The third-order valence-electron chi connectivity index (χ3n) is 1.73. The van der Waals surface area contributed by atoms with Crippen molar-refractivity contribution in [1.29, 1.82) is 0 Å². The van der Waals surface area contributed by atoms with E-state index in [4.69, 9.17) is 10.8 Å². The van der Waals surface area contributed by atoms with Gasteiger partial charge in [-0.1, -0.05) is 0 Å². The molecule has 0 radical (unpaired) electrons. The second-order valence-corrected chi connectivity index (χ2v) is 4.12. The molecular formula is C9H9F4NOS. The highest BCUT2D eigenvalue weighted by Gasteiger charge is 2.38. The van der Waals surface area contributed by atoms with Gasteiger partial charge in [-0.25, -0.2) is 4.39 Å². The van der Waals surface area contributed by atoms with E-state index >= 15 is 0 Å². The van der Waals surface area contributed by atoms with E-state index in [-0.39, 0.29) is 10.6 Å². The number of benzene rings is 1. The van der Waals surface area contributed by atoms with E-state index in [2.05, 4.69) is 0 Å². The SMILES string of the molecule is Nc1ccc(SCC(O)C(F)(F)F)c(F)c1. The van der Waals surface area contributed by atoms with Gasteiger partial charge in [-0.3, -0.25) is 0 Å². The van der Waals surface area contributed by atoms with E-state index in [0.717, 1.165) is 6.07 Å². The van der Waals surface area contributed by atoms with Gasteiger partial charge >= 0.3 is 6.18 Å². The molecule has 1 aromatic rings. The van der Waals surface area contributed by atoms with Crippen LogP contribution in [0.5, 0.6) is 0 Å². The molecule has 0 aliphatic rings. The highest BCUT2D eigenvalue weighted by atomic mass is 32.2. The zero-order valence-electron chi connectivity index (χ0n) is 7.96. The van der Waals surface area contributed by atoms with Gasteiger partial charge in [-0.15, -0.1) is 11.8 Å². The van der Waals surface area contributed by atoms with Crippen molar-refractivity contribution < 1.29 is 22.7 Å². The third-order valence-corrected chi connectivity index (χ3v) is 2.85. The summed E-state index contributed by atoms with van der Waals surface area (Å²) in [6.45, 7) is 0. The standard InChI is InChI=1S/C9H9F4NOS/c10-6-3-5(14)1-2-7(6)16-4-8(15)9(11,12)13/h1-3,8,15H,4,14H2. The molecule has 1 atom stereocenters. The number of hydrogen-bond donors (Lipinski definition) is 2. The van der Waals surface area contributed by atoms with Crippen LogP contribution in [0.15, 0.2) is 23.1 Å². The first-order chi connectivity index (χ1) is 7.30. The second kappa shape index (κ2) is 4.92. The van der Waals surface area contributed by atoms with Gasteiger partial charge in [0.15, 0.2) is 6.10 Å². The molecule has 0 spiro atoms. The highest BCUT2D eigenvalue weighted by Crippen LogP contribution is 2.28. The zero-order valence-corrected chi connectivity index (χ0v) is 8.78. The van der Waals surface area contributed by atoms with Crippen molar-refractivity contribution in [3.8, 4) is 0 Å². The Morgan fingerprint density at radius 2 is 2.00 bits per heavy atom. The lowest BCUT2D eigenvalue weighted by atomic mass is 10.3. The predicted molar refractivity (Wildman–Crippen MR) is 53.6 cm³/mol. The van der Waals surface area contributed by atoms with Crippen LogP contribution in [0.2, 0.25) is 0 Å². The molecule has 16 heavy (non-hydrogen) atoms. The fourth-order valence-electron chi connectivity index (χ4n) is 0.897. The van der Waals surface area contributed by atoms with Gasteiger partial charge in [-0.2, -0.15) is 13.2 Å². The van der Waals surface area contributed by atoms with Crippen LogP contribution in [-0.4, -0.2) is 23.1 Å². The van der Waals surface area contributed by atoms with Crippen molar-refractivity contribution >= 4 is 17.4 Å². The van der Waals surface area contributed by atoms with Gasteiger partial charge in [0.2, 0.25) is 0 Å². The fraction of sp³-hybridized carbons (Fsp3) is 0.333. The van der Waals surface area contributed by atoms with Crippen LogP contribution in [0.25, 0.3) is 0 Å². The van der Waals surface area contributed by atoms with Crippen LogP contribution in [0.3, 0.4) is 0 Å². The molecule has 0 aromatic heterocycles. The number of alkyl halides is 3. The molecule has 0 aliphatic carbocycles.